The molecule has 0 radical (unpaired) electrons. The van der Waals surface area contributed by atoms with E-state index in [2.05, 4.69) is 57.2 Å². The largest absolute Gasteiger partial charge is 0.396 e. The fourth-order valence-electron chi connectivity index (χ4n) is 3.84. The topological polar surface area (TPSA) is 20.2 Å². The van der Waals surface area contributed by atoms with Crippen LogP contribution in [0.2, 0.25) is 0 Å². The standard InChI is InChI=1S/C23H34O/c1-19-10-9-16-23(2,3)22(19)15-14-21-13-8-12-20(18-21)11-6-4-5-7-17-24/h8,12-15,18,24H,4-7,9-11,16-17H2,1-3H3/b15-14+. The summed E-state index contributed by atoms with van der Waals surface area (Å²) in [5.41, 5.74) is 6.13. The zero-order valence-electron chi connectivity index (χ0n) is 15.8. The van der Waals surface area contributed by atoms with E-state index in [1.807, 2.05) is 0 Å². The molecule has 0 aliphatic heterocycles. The highest BCUT2D eigenvalue weighted by molar-refractivity contribution is 5.55. The number of aliphatic hydroxyl groups excluding tert-OH is 1. The third-order valence-corrected chi connectivity index (χ3v) is 5.31. The molecule has 1 N–H and O–H groups in total. The van der Waals surface area contributed by atoms with Crippen LogP contribution < -0.4 is 0 Å². The Hall–Kier alpha value is -1.34. The maximum absolute atomic E-state index is 8.83. The van der Waals surface area contributed by atoms with Crippen LogP contribution in [-0.2, 0) is 6.42 Å². The second kappa shape index (κ2) is 9.22. The number of benzene rings is 1. The molecule has 1 aliphatic rings. The zero-order chi connectivity index (χ0) is 17.4. The van der Waals surface area contributed by atoms with E-state index in [0.29, 0.717) is 12.0 Å². The number of hydrogen-bond acceptors (Lipinski definition) is 1. The molecule has 0 amide bonds. The van der Waals surface area contributed by atoms with Crippen molar-refractivity contribution in [2.24, 2.45) is 5.41 Å². The summed E-state index contributed by atoms with van der Waals surface area (Å²) in [6.45, 7) is 7.37. The second-order valence-corrected chi connectivity index (χ2v) is 7.90. The minimum absolute atomic E-state index is 0.309. The average molecular weight is 327 g/mol. The maximum atomic E-state index is 8.83. The van der Waals surface area contributed by atoms with E-state index in [1.54, 1.807) is 5.57 Å². The van der Waals surface area contributed by atoms with Crippen LogP contribution in [0.1, 0.15) is 76.8 Å². The average Bonchev–Trinajstić information content (AvgIpc) is 2.54. The molecule has 0 aromatic heterocycles. The summed E-state index contributed by atoms with van der Waals surface area (Å²) in [7, 11) is 0. The summed E-state index contributed by atoms with van der Waals surface area (Å²) in [5.74, 6) is 0. The third-order valence-electron chi connectivity index (χ3n) is 5.31. The van der Waals surface area contributed by atoms with E-state index in [9.17, 15) is 0 Å². The van der Waals surface area contributed by atoms with Crippen molar-refractivity contribution < 1.29 is 5.11 Å². The van der Waals surface area contributed by atoms with E-state index in [-0.39, 0.29) is 0 Å². The molecule has 1 aromatic carbocycles. The lowest BCUT2D eigenvalue weighted by atomic mass is 9.72. The van der Waals surface area contributed by atoms with E-state index >= 15 is 0 Å². The first-order chi connectivity index (χ1) is 11.5. The number of rotatable bonds is 8. The summed E-state index contributed by atoms with van der Waals surface area (Å²) in [4.78, 5) is 0. The van der Waals surface area contributed by atoms with Gasteiger partial charge in [0.15, 0.2) is 0 Å². The fraction of sp³-hybridized carbons (Fsp3) is 0.565. The van der Waals surface area contributed by atoms with E-state index < -0.39 is 0 Å². The van der Waals surface area contributed by atoms with Gasteiger partial charge in [-0.05, 0) is 67.6 Å². The summed E-state index contributed by atoms with van der Waals surface area (Å²) >= 11 is 0. The molecular weight excluding hydrogens is 292 g/mol. The van der Waals surface area contributed by atoms with Crippen molar-refractivity contribution in [2.75, 3.05) is 6.61 Å². The van der Waals surface area contributed by atoms with Crippen molar-refractivity contribution in [3.63, 3.8) is 0 Å². The maximum Gasteiger partial charge on any atom is 0.0431 e. The predicted molar refractivity (Wildman–Crippen MR) is 105 cm³/mol. The Morgan fingerprint density at radius 2 is 1.88 bits per heavy atom. The van der Waals surface area contributed by atoms with E-state index in [0.717, 1.165) is 19.3 Å². The summed E-state index contributed by atoms with van der Waals surface area (Å²) < 4.78 is 0. The Labute approximate surface area is 148 Å². The first-order valence-corrected chi connectivity index (χ1v) is 9.61. The van der Waals surface area contributed by atoms with Crippen LogP contribution in [0.3, 0.4) is 0 Å². The van der Waals surface area contributed by atoms with Gasteiger partial charge in [-0.3, -0.25) is 0 Å². The Morgan fingerprint density at radius 3 is 2.62 bits per heavy atom. The molecule has 1 aromatic rings. The van der Waals surface area contributed by atoms with Crippen LogP contribution in [0.15, 0.2) is 41.5 Å². The van der Waals surface area contributed by atoms with Gasteiger partial charge in [-0.25, -0.2) is 0 Å². The minimum atomic E-state index is 0.309. The molecule has 132 valence electrons. The number of hydrogen-bond donors (Lipinski definition) is 1. The molecule has 0 fully saturated rings. The van der Waals surface area contributed by atoms with Crippen LogP contribution >= 0.6 is 0 Å². The summed E-state index contributed by atoms with van der Waals surface area (Å²) in [6, 6.07) is 8.94. The number of unbranched alkanes of at least 4 members (excludes halogenated alkanes) is 3. The molecule has 1 heteroatoms. The van der Waals surface area contributed by atoms with Crippen LogP contribution in [0.5, 0.6) is 0 Å². The Balaban J connectivity index is 1.98. The van der Waals surface area contributed by atoms with Crippen LogP contribution in [0.25, 0.3) is 6.08 Å². The van der Waals surface area contributed by atoms with E-state index in [1.165, 1.54) is 48.8 Å². The van der Waals surface area contributed by atoms with Gasteiger partial charge in [0.05, 0.1) is 0 Å². The van der Waals surface area contributed by atoms with Gasteiger partial charge in [0.25, 0.3) is 0 Å². The fourth-order valence-corrected chi connectivity index (χ4v) is 3.84. The van der Waals surface area contributed by atoms with Gasteiger partial charge in [0.2, 0.25) is 0 Å². The van der Waals surface area contributed by atoms with Crippen LogP contribution in [0, 0.1) is 5.41 Å². The van der Waals surface area contributed by atoms with Crippen molar-refractivity contribution >= 4 is 6.08 Å². The molecule has 0 saturated carbocycles. The molecule has 0 heterocycles. The lowest BCUT2D eigenvalue weighted by molar-refractivity contribution is 0.282. The van der Waals surface area contributed by atoms with Gasteiger partial charge in [-0.15, -0.1) is 0 Å². The quantitative estimate of drug-likeness (QED) is 0.554. The van der Waals surface area contributed by atoms with Gasteiger partial charge in [0.1, 0.15) is 0 Å². The monoisotopic (exact) mass is 326 g/mol. The molecular formula is C23H34O. The lowest BCUT2D eigenvalue weighted by Crippen LogP contribution is -2.18. The van der Waals surface area contributed by atoms with Crippen molar-refractivity contribution in [2.45, 2.75) is 72.1 Å². The third kappa shape index (κ3) is 5.63. The van der Waals surface area contributed by atoms with Gasteiger partial charge in [-0.1, -0.05) is 68.7 Å². The lowest BCUT2D eigenvalue weighted by Gasteiger charge is -2.32. The van der Waals surface area contributed by atoms with Gasteiger partial charge >= 0.3 is 0 Å². The Bertz CT molecular complexity index is 577. The smallest absolute Gasteiger partial charge is 0.0431 e. The first kappa shape index (κ1) is 19.0. The molecule has 1 aliphatic carbocycles. The zero-order valence-corrected chi connectivity index (χ0v) is 15.8. The first-order valence-electron chi connectivity index (χ1n) is 9.61. The number of aryl methyl sites for hydroxylation is 1. The summed E-state index contributed by atoms with van der Waals surface area (Å²) in [6.07, 6.45) is 14.1. The van der Waals surface area contributed by atoms with Crippen molar-refractivity contribution in [3.8, 4) is 0 Å². The molecule has 0 spiro atoms. The Kier molecular flexibility index (Phi) is 7.30. The van der Waals surface area contributed by atoms with Crippen LogP contribution in [-0.4, -0.2) is 11.7 Å². The normalized spacial score (nSPS) is 17.7. The van der Waals surface area contributed by atoms with E-state index in [4.69, 9.17) is 5.11 Å². The number of aliphatic hydroxyl groups is 1. The van der Waals surface area contributed by atoms with Gasteiger partial charge in [0, 0.05) is 6.61 Å². The van der Waals surface area contributed by atoms with Crippen molar-refractivity contribution in [1.29, 1.82) is 0 Å². The summed E-state index contributed by atoms with van der Waals surface area (Å²) in [5, 5.41) is 8.83. The molecule has 1 nitrogen and oxygen atoms in total. The highest BCUT2D eigenvalue weighted by atomic mass is 16.2. The molecule has 0 unspecified atom stereocenters. The molecule has 24 heavy (non-hydrogen) atoms. The van der Waals surface area contributed by atoms with Crippen molar-refractivity contribution in [3.05, 3.63) is 52.6 Å². The van der Waals surface area contributed by atoms with Gasteiger partial charge < -0.3 is 5.11 Å². The number of allylic oxidation sites excluding steroid dienone is 3. The Morgan fingerprint density at radius 1 is 1.08 bits per heavy atom. The highest BCUT2D eigenvalue weighted by Gasteiger charge is 2.26. The molecule has 2 rings (SSSR count). The SMILES string of the molecule is CC1=C(/C=C/c2cccc(CCCCCCO)c2)C(C)(C)CCC1. The molecule has 0 bridgehead atoms. The van der Waals surface area contributed by atoms with Crippen molar-refractivity contribution in [1.82, 2.24) is 0 Å². The minimum Gasteiger partial charge on any atom is -0.396 e. The highest BCUT2D eigenvalue weighted by Crippen LogP contribution is 2.40. The van der Waals surface area contributed by atoms with Crippen LogP contribution in [0.4, 0.5) is 0 Å². The molecule has 0 atom stereocenters. The second-order valence-electron chi connectivity index (χ2n) is 7.90. The molecule has 0 saturated heterocycles. The predicted octanol–water partition coefficient (Wildman–Crippen LogP) is 6.32. The van der Waals surface area contributed by atoms with Gasteiger partial charge in [-0.2, -0.15) is 0 Å².